The zero-order chi connectivity index (χ0) is 21.8. The first kappa shape index (κ1) is 20.0. The van der Waals surface area contributed by atoms with Gasteiger partial charge in [-0.2, -0.15) is 0 Å². The number of aromatic nitrogens is 1. The maximum Gasteiger partial charge on any atom is 0.254 e. The number of benzene rings is 2. The summed E-state index contributed by atoms with van der Waals surface area (Å²) in [7, 11) is 1.66. The van der Waals surface area contributed by atoms with Gasteiger partial charge in [-0.1, -0.05) is 39.0 Å². The van der Waals surface area contributed by atoms with Crippen LogP contribution >= 0.6 is 0 Å². The number of carbonyl (C=O) groups is 1. The van der Waals surface area contributed by atoms with Gasteiger partial charge >= 0.3 is 0 Å². The van der Waals surface area contributed by atoms with Crippen LogP contribution in [0, 0.1) is 10.8 Å². The molecule has 2 atom stereocenters. The Kier molecular flexibility index (Phi) is 4.58. The number of hydrogen-bond acceptors (Lipinski definition) is 3. The van der Waals surface area contributed by atoms with E-state index in [1.165, 1.54) is 6.42 Å². The Morgan fingerprint density at radius 3 is 2.55 bits per heavy atom. The van der Waals surface area contributed by atoms with E-state index in [1.807, 2.05) is 54.6 Å². The van der Waals surface area contributed by atoms with Gasteiger partial charge < -0.3 is 9.64 Å². The van der Waals surface area contributed by atoms with E-state index < -0.39 is 0 Å². The number of methoxy groups -OCH3 is 1. The molecule has 1 saturated heterocycles. The fourth-order valence-electron chi connectivity index (χ4n) is 6.11. The third-order valence-electron chi connectivity index (χ3n) is 7.01. The Balaban J connectivity index is 1.58. The van der Waals surface area contributed by atoms with Crippen LogP contribution in [-0.4, -0.2) is 35.5 Å². The lowest BCUT2D eigenvalue weighted by Crippen LogP contribution is -2.37. The van der Waals surface area contributed by atoms with Crippen molar-refractivity contribution in [3.8, 4) is 17.0 Å². The fourth-order valence-corrected chi connectivity index (χ4v) is 6.11. The summed E-state index contributed by atoms with van der Waals surface area (Å²) >= 11 is 0. The third kappa shape index (κ3) is 3.58. The van der Waals surface area contributed by atoms with Crippen molar-refractivity contribution < 1.29 is 9.53 Å². The summed E-state index contributed by atoms with van der Waals surface area (Å²) in [5.74, 6) is 0.945. The van der Waals surface area contributed by atoms with Gasteiger partial charge in [-0.15, -0.1) is 0 Å². The first-order valence-corrected chi connectivity index (χ1v) is 11.1. The van der Waals surface area contributed by atoms with Crippen LogP contribution < -0.4 is 4.74 Å². The lowest BCUT2D eigenvalue weighted by atomic mass is 9.65. The van der Waals surface area contributed by atoms with E-state index in [2.05, 4.69) is 25.7 Å². The van der Waals surface area contributed by atoms with E-state index in [-0.39, 0.29) is 16.7 Å². The van der Waals surface area contributed by atoms with Crippen molar-refractivity contribution in [2.75, 3.05) is 13.7 Å². The fraction of sp³-hybridized carbons (Fsp3) is 0.407. The molecule has 2 bridgehead atoms. The number of amides is 1. The van der Waals surface area contributed by atoms with Gasteiger partial charge in [0.2, 0.25) is 0 Å². The van der Waals surface area contributed by atoms with Crippen molar-refractivity contribution in [3.05, 3.63) is 60.2 Å². The summed E-state index contributed by atoms with van der Waals surface area (Å²) in [5, 5.41) is 0.927. The number of nitrogens with zero attached hydrogens (tertiary/aromatic N) is 2. The molecule has 1 aromatic heterocycles. The molecule has 1 aliphatic heterocycles. The van der Waals surface area contributed by atoms with Crippen LogP contribution in [0.4, 0.5) is 0 Å². The number of fused-ring (bicyclic) bond motifs is 3. The van der Waals surface area contributed by atoms with Crippen LogP contribution in [0.25, 0.3) is 22.2 Å². The maximum absolute atomic E-state index is 13.9. The summed E-state index contributed by atoms with van der Waals surface area (Å²) in [6.07, 6.45) is 3.35. The first-order valence-electron chi connectivity index (χ1n) is 11.1. The molecule has 0 radical (unpaired) electrons. The van der Waals surface area contributed by atoms with E-state index in [4.69, 9.17) is 9.72 Å². The van der Waals surface area contributed by atoms with Gasteiger partial charge in [-0.25, -0.2) is 4.98 Å². The Morgan fingerprint density at radius 2 is 1.81 bits per heavy atom. The average Bonchev–Trinajstić information content (AvgIpc) is 3.01. The van der Waals surface area contributed by atoms with E-state index in [0.29, 0.717) is 6.04 Å². The number of ether oxygens (including phenoxy) is 1. The average molecular weight is 415 g/mol. The molecule has 2 heterocycles. The number of likely N-dealkylation sites (tertiary alicyclic amines) is 1. The highest BCUT2D eigenvalue weighted by Crippen LogP contribution is 2.52. The van der Waals surface area contributed by atoms with Crippen molar-refractivity contribution in [2.24, 2.45) is 10.8 Å². The summed E-state index contributed by atoms with van der Waals surface area (Å²) in [5.41, 5.74) is 3.90. The van der Waals surface area contributed by atoms with Gasteiger partial charge in [-0.3, -0.25) is 4.79 Å². The van der Waals surface area contributed by atoms with Gasteiger partial charge in [0.25, 0.3) is 5.91 Å². The molecule has 0 N–H and O–H groups in total. The van der Waals surface area contributed by atoms with Crippen molar-refractivity contribution in [2.45, 2.75) is 46.1 Å². The quantitative estimate of drug-likeness (QED) is 0.532. The first-order chi connectivity index (χ1) is 14.8. The molecule has 1 saturated carbocycles. The van der Waals surface area contributed by atoms with E-state index in [9.17, 15) is 4.79 Å². The molecule has 160 valence electrons. The second-order valence-corrected chi connectivity index (χ2v) is 10.4. The molecular weight excluding hydrogens is 384 g/mol. The summed E-state index contributed by atoms with van der Waals surface area (Å²) in [6, 6.07) is 18.1. The molecule has 5 rings (SSSR count). The largest absolute Gasteiger partial charge is 0.497 e. The van der Waals surface area contributed by atoms with Gasteiger partial charge in [0, 0.05) is 23.5 Å². The second kappa shape index (κ2) is 7.08. The summed E-state index contributed by atoms with van der Waals surface area (Å²) < 4.78 is 5.29. The number of carbonyl (C=O) groups excluding carboxylic acids is 1. The van der Waals surface area contributed by atoms with Gasteiger partial charge in [0.15, 0.2) is 0 Å². The lowest BCUT2D eigenvalue weighted by Gasteiger charge is -2.39. The Morgan fingerprint density at radius 1 is 1.06 bits per heavy atom. The minimum absolute atomic E-state index is 0.139. The Bertz CT molecular complexity index is 1150. The van der Waals surface area contributed by atoms with Crippen LogP contribution in [0.3, 0.4) is 0 Å². The van der Waals surface area contributed by atoms with Gasteiger partial charge in [0.1, 0.15) is 5.75 Å². The molecule has 2 aliphatic rings. The van der Waals surface area contributed by atoms with Gasteiger partial charge in [-0.05, 0) is 66.5 Å². The van der Waals surface area contributed by atoms with E-state index in [1.54, 1.807) is 7.11 Å². The second-order valence-electron chi connectivity index (χ2n) is 10.4. The zero-order valence-electron chi connectivity index (χ0n) is 18.8. The lowest BCUT2D eigenvalue weighted by molar-refractivity contribution is 0.0710. The van der Waals surface area contributed by atoms with Crippen LogP contribution in [0.5, 0.6) is 5.75 Å². The molecule has 3 aromatic rings. The van der Waals surface area contributed by atoms with Crippen molar-refractivity contribution in [1.29, 1.82) is 0 Å². The predicted molar refractivity (Wildman–Crippen MR) is 124 cm³/mol. The molecule has 4 nitrogen and oxygen atoms in total. The van der Waals surface area contributed by atoms with Crippen molar-refractivity contribution in [3.63, 3.8) is 0 Å². The van der Waals surface area contributed by atoms with Crippen molar-refractivity contribution >= 4 is 16.8 Å². The van der Waals surface area contributed by atoms with Crippen LogP contribution in [0.1, 0.15) is 50.4 Å². The molecule has 31 heavy (non-hydrogen) atoms. The normalized spacial score (nSPS) is 24.4. The number of para-hydroxylation sites is 1. The minimum atomic E-state index is 0.139. The highest BCUT2D eigenvalue weighted by atomic mass is 16.5. The Hall–Kier alpha value is -2.88. The number of hydrogen-bond donors (Lipinski definition) is 0. The minimum Gasteiger partial charge on any atom is -0.497 e. The summed E-state index contributed by atoms with van der Waals surface area (Å²) in [4.78, 5) is 20.9. The van der Waals surface area contributed by atoms with E-state index in [0.717, 1.165) is 52.9 Å². The van der Waals surface area contributed by atoms with Crippen LogP contribution in [0.15, 0.2) is 54.6 Å². The smallest absolute Gasteiger partial charge is 0.254 e. The molecule has 2 aromatic carbocycles. The van der Waals surface area contributed by atoms with E-state index >= 15 is 0 Å². The monoisotopic (exact) mass is 414 g/mol. The molecule has 1 amide bonds. The summed E-state index contributed by atoms with van der Waals surface area (Å²) in [6.45, 7) is 7.88. The molecular formula is C27H30N2O2. The molecule has 1 aliphatic carbocycles. The maximum atomic E-state index is 13.9. The Labute approximate surface area is 184 Å². The van der Waals surface area contributed by atoms with Crippen LogP contribution in [-0.2, 0) is 0 Å². The zero-order valence-corrected chi connectivity index (χ0v) is 18.8. The SMILES string of the molecule is COc1ccc(-c2cc(C(=O)N3C[C@@]4(C)C[C@H]3CC(C)(C)C4)c3ccccc3n2)cc1. The van der Waals surface area contributed by atoms with Crippen LogP contribution in [0.2, 0.25) is 0 Å². The third-order valence-corrected chi connectivity index (χ3v) is 7.01. The topological polar surface area (TPSA) is 42.4 Å². The molecule has 2 fully saturated rings. The van der Waals surface area contributed by atoms with Crippen molar-refractivity contribution in [1.82, 2.24) is 9.88 Å². The molecule has 0 unspecified atom stereocenters. The molecule has 4 heteroatoms. The predicted octanol–water partition coefficient (Wildman–Crippen LogP) is 5.95. The van der Waals surface area contributed by atoms with Gasteiger partial charge in [0.05, 0.1) is 23.9 Å². The highest BCUT2D eigenvalue weighted by Gasteiger charge is 2.51. The molecule has 0 spiro atoms. The highest BCUT2D eigenvalue weighted by molar-refractivity contribution is 6.07. The number of rotatable bonds is 3. The number of pyridine rings is 1. The standard InChI is InChI=1S/C27H30N2O2/c1-26(2)14-19-15-27(3,16-26)17-29(19)25(30)22-13-24(18-9-11-20(31-4)12-10-18)28-23-8-6-5-7-21(22)23/h5-13,19H,14-17H2,1-4H3/t19-,27+/m1/s1.